The molecule has 0 atom stereocenters. The van der Waals surface area contributed by atoms with Crippen LogP contribution in [-0.2, 0) is 0 Å². The maximum atomic E-state index is 13.0. The quantitative estimate of drug-likeness (QED) is 0.782. The first-order chi connectivity index (χ1) is 12.0. The standard InChI is InChI=1S/C19H18O6/c1-10-17-14(16(21)19(24-4)18(10)23-3)15(20)13(9-25-17)11-5-7-12(22-2)8-6-11/h5-9,21H,1-4H3. The van der Waals surface area contributed by atoms with E-state index in [1.54, 1.807) is 38.3 Å². The van der Waals surface area contributed by atoms with Crippen LogP contribution in [0.1, 0.15) is 5.56 Å². The first-order valence-corrected chi connectivity index (χ1v) is 7.56. The van der Waals surface area contributed by atoms with Crippen molar-refractivity contribution in [1.82, 2.24) is 0 Å². The molecular formula is C19H18O6. The third-order valence-corrected chi connectivity index (χ3v) is 4.14. The maximum Gasteiger partial charge on any atom is 0.204 e. The number of aromatic hydroxyl groups is 1. The van der Waals surface area contributed by atoms with Crippen LogP contribution in [0.25, 0.3) is 22.1 Å². The van der Waals surface area contributed by atoms with Crippen molar-refractivity contribution in [2.75, 3.05) is 21.3 Å². The molecule has 0 saturated carbocycles. The predicted octanol–water partition coefficient (Wildman–Crippen LogP) is 3.50. The molecular weight excluding hydrogens is 324 g/mol. The molecule has 3 rings (SSSR count). The molecule has 0 aliphatic rings. The van der Waals surface area contributed by atoms with Gasteiger partial charge in [0.1, 0.15) is 23.0 Å². The molecule has 6 nitrogen and oxygen atoms in total. The van der Waals surface area contributed by atoms with Crippen LogP contribution in [0.3, 0.4) is 0 Å². The van der Waals surface area contributed by atoms with Crippen molar-refractivity contribution in [1.29, 1.82) is 0 Å². The van der Waals surface area contributed by atoms with Crippen LogP contribution in [0.5, 0.6) is 23.0 Å². The fourth-order valence-electron chi connectivity index (χ4n) is 2.86. The number of rotatable bonds is 4. The second-order valence-corrected chi connectivity index (χ2v) is 5.45. The van der Waals surface area contributed by atoms with Gasteiger partial charge in [-0.2, -0.15) is 0 Å². The highest BCUT2D eigenvalue weighted by Gasteiger charge is 2.23. The fraction of sp³-hybridized carbons (Fsp3) is 0.211. The largest absolute Gasteiger partial charge is 0.504 e. The van der Waals surface area contributed by atoms with E-state index in [2.05, 4.69) is 0 Å². The molecule has 6 heteroatoms. The summed E-state index contributed by atoms with van der Waals surface area (Å²) in [6.45, 7) is 1.74. The highest BCUT2D eigenvalue weighted by Crippen LogP contribution is 2.44. The second kappa shape index (κ2) is 6.39. The van der Waals surface area contributed by atoms with Crippen LogP contribution in [-0.4, -0.2) is 26.4 Å². The van der Waals surface area contributed by atoms with E-state index in [1.807, 2.05) is 0 Å². The van der Waals surface area contributed by atoms with Gasteiger partial charge in [0.05, 0.1) is 26.9 Å². The topological polar surface area (TPSA) is 78.1 Å². The summed E-state index contributed by atoms with van der Waals surface area (Å²) in [5, 5.41) is 10.6. The van der Waals surface area contributed by atoms with Crippen molar-refractivity contribution in [3.05, 3.63) is 46.3 Å². The fourth-order valence-corrected chi connectivity index (χ4v) is 2.86. The SMILES string of the molecule is COc1ccc(-c2coc3c(C)c(OC)c(OC)c(O)c3c2=O)cc1. The van der Waals surface area contributed by atoms with Crippen molar-refractivity contribution >= 4 is 11.0 Å². The normalized spacial score (nSPS) is 10.7. The predicted molar refractivity (Wildman–Crippen MR) is 94.0 cm³/mol. The zero-order valence-corrected chi connectivity index (χ0v) is 14.4. The minimum Gasteiger partial charge on any atom is -0.504 e. The van der Waals surface area contributed by atoms with Gasteiger partial charge in [-0.1, -0.05) is 12.1 Å². The smallest absolute Gasteiger partial charge is 0.204 e. The average molecular weight is 342 g/mol. The van der Waals surface area contributed by atoms with Crippen LogP contribution in [0.4, 0.5) is 0 Å². The van der Waals surface area contributed by atoms with E-state index in [4.69, 9.17) is 18.6 Å². The number of aryl methyl sites for hydroxylation is 1. The van der Waals surface area contributed by atoms with Gasteiger partial charge in [-0.25, -0.2) is 0 Å². The van der Waals surface area contributed by atoms with Crippen molar-refractivity contribution in [2.45, 2.75) is 6.92 Å². The molecule has 0 saturated heterocycles. The Morgan fingerprint density at radius 2 is 1.60 bits per heavy atom. The van der Waals surface area contributed by atoms with E-state index in [0.29, 0.717) is 28.2 Å². The average Bonchev–Trinajstić information content (AvgIpc) is 2.64. The van der Waals surface area contributed by atoms with Gasteiger partial charge in [0.15, 0.2) is 11.5 Å². The van der Waals surface area contributed by atoms with E-state index in [0.717, 1.165) is 0 Å². The highest BCUT2D eigenvalue weighted by atomic mass is 16.5. The zero-order valence-electron chi connectivity index (χ0n) is 14.4. The Hall–Kier alpha value is -3.15. The van der Waals surface area contributed by atoms with Crippen LogP contribution < -0.4 is 19.6 Å². The third-order valence-electron chi connectivity index (χ3n) is 4.14. The summed E-state index contributed by atoms with van der Waals surface area (Å²) in [5.41, 5.74) is 1.47. The number of phenols is 1. The van der Waals surface area contributed by atoms with Crippen LogP contribution in [0.15, 0.2) is 39.7 Å². The number of benzene rings is 2. The summed E-state index contributed by atoms with van der Waals surface area (Å²) in [7, 11) is 4.43. The summed E-state index contributed by atoms with van der Waals surface area (Å²) >= 11 is 0. The van der Waals surface area contributed by atoms with E-state index in [9.17, 15) is 9.90 Å². The van der Waals surface area contributed by atoms with E-state index in [-0.39, 0.29) is 27.9 Å². The van der Waals surface area contributed by atoms with Gasteiger partial charge in [0.2, 0.25) is 11.2 Å². The Labute approximate surface area is 144 Å². The first-order valence-electron chi connectivity index (χ1n) is 7.56. The number of methoxy groups -OCH3 is 3. The lowest BCUT2D eigenvalue weighted by molar-refractivity contribution is 0.333. The lowest BCUT2D eigenvalue weighted by Crippen LogP contribution is -2.07. The summed E-state index contributed by atoms with van der Waals surface area (Å²) < 4.78 is 21.3. The van der Waals surface area contributed by atoms with Gasteiger partial charge < -0.3 is 23.7 Å². The summed E-state index contributed by atoms with van der Waals surface area (Å²) in [5.74, 6) is 0.808. The molecule has 1 aromatic heterocycles. The van der Waals surface area contributed by atoms with Crippen LogP contribution >= 0.6 is 0 Å². The Bertz CT molecular complexity index is 986. The molecule has 1 N–H and O–H groups in total. The maximum absolute atomic E-state index is 13.0. The Morgan fingerprint density at radius 3 is 2.16 bits per heavy atom. The number of ether oxygens (including phenoxy) is 3. The molecule has 1 heterocycles. The lowest BCUT2D eigenvalue weighted by atomic mass is 10.0. The summed E-state index contributed by atoms with van der Waals surface area (Å²) in [4.78, 5) is 13.0. The number of fused-ring (bicyclic) bond motifs is 1. The molecule has 130 valence electrons. The molecule has 0 aliphatic heterocycles. The van der Waals surface area contributed by atoms with Crippen molar-refractivity contribution in [2.24, 2.45) is 0 Å². The van der Waals surface area contributed by atoms with Gasteiger partial charge in [-0.3, -0.25) is 4.79 Å². The highest BCUT2D eigenvalue weighted by molar-refractivity contribution is 5.93. The molecule has 0 spiro atoms. The molecule has 2 aromatic carbocycles. The monoisotopic (exact) mass is 342 g/mol. The Morgan fingerprint density at radius 1 is 0.960 bits per heavy atom. The van der Waals surface area contributed by atoms with Gasteiger partial charge in [0.25, 0.3) is 0 Å². The third kappa shape index (κ3) is 2.55. The summed E-state index contributed by atoms with van der Waals surface area (Å²) in [6, 6.07) is 7.00. The van der Waals surface area contributed by atoms with Crippen molar-refractivity contribution in [3.8, 4) is 34.1 Å². The van der Waals surface area contributed by atoms with E-state index in [1.165, 1.54) is 20.5 Å². The molecule has 0 bridgehead atoms. The molecule has 25 heavy (non-hydrogen) atoms. The molecule has 0 radical (unpaired) electrons. The zero-order chi connectivity index (χ0) is 18.1. The minimum atomic E-state index is -0.354. The van der Waals surface area contributed by atoms with Crippen LogP contribution in [0.2, 0.25) is 0 Å². The van der Waals surface area contributed by atoms with E-state index >= 15 is 0 Å². The van der Waals surface area contributed by atoms with Gasteiger partial charge in [-0.05, 0) is 24.6 Å². The van der Waals surface area contributed by atoms with Gasteiger partial charge in [0, 0.05) is 5.56 Å². The van der Waals surface area contributed by atoms with Crippen molar-refractivity contribution < 1.29 is 23.7 Å². The summed E-state index contributed by atoms with van der Waals surface area (Å²) in [6.07, 6.45) is 1.38. The van der Waals surface area contributed by atoms with Crippen LogP contribution in [0, 0.1) is 6.92 Å². The number of hydrogen-bond acceptors (Lipinski definition) is 6. The Kier molecular flexibility index (Phi) is 4.27. The lowest BCUT2D eigenvalue weighted by Gasteiger charge is -2.15. The molecule has 0 unspecified atom stereocenters. The number of hydrogen-bond donors (Lipinski definition) is 1. The molecule has 0 amide bonds. The molecule has 0 aliphatic carbocycles. The van der Waals surface area contributed by atoms with Gasteiger partial charge >= 0.3 is 0 Å². The number of phenolic OH excluding ortho intramolecular Hbond substituents is 1. The first kappa shape index (κ1) is 16.7. The van der Waals surface area contributed by atoms with E-state index < -0.39 is 0 Å². The van der Waals surface area contributed by atoms with Crippen molar-refractivity contribution in [3.63, 3.8) is 0 Å². The second-order valence-electron chi connectivity index (χ2n) is 5.45. The Balaban J connectivity index is 2.33. The van der Waals surface area contributed by atoms with Gasteiger partial charge in [-0.15, -0.1) is 0 Å². The minimum absolute atomic E-state index is 0.0588. The molecule has 3 aromatic rings. The molecule has 0 fully saturated rings.